The van der Waals surface area contributed by atoms with Crippen LogP contribution < -0.4 is 10.1 Å². The third kappa shape index (κ3) is 4.02. The summed E-state index contributed by atoms with van der Waals surface area (Å²) in [6.45, 7) is 5.75. The molecular weight excluding hydrogens is 315 g/mol. The van der Waals surface area contributed by atoms with Gasteiger partial charge in [0.2, 0.25) is 5.95 Å². The molecule has 0 aliphatic heterocycles. The van der Waals surface area contributed by atoms with E-state index in [1.54, 1.807) is 13.2 Å². The molecule has 0 spiro atoms. The number of hydrogen-bond donors (Lipinski definition) is 1. The highest BCUT2D eigenvalue weighted by atomic mass is 35.5. The molecule has 122 valence electrons. The molecule has 0 saturated carbocycles. The number of benzene rings is 1. The molecule has 0 aliphatic rings. The van der Waals surface area contributed by atoms with Crippen LogP contribution in [0.3, 0.4) is 0 Å². The first-order valence-corrected chi connectivity index (χ1v) is 7.71. The van der Waals surface area contributed by atoms with Crippen molar-refractivity contribution in [2.75, 3.05) is 12.4 Å². The van der Waals surface area contributed by atoms with Crippen molar-refractivity contribution < 1.29 is 9.13 Å². The lowest BCUT2D eigenvalue weighted by atomic mass is 9.87. The van der Waals surface area contributed by atoms with Gasteiger partial charge in [-0.3, -0.25) is 0 Å². The first kappa shape index (κ1) is 17.3. The summed E-state index contributed by atoms with van der Waals surface area (Å²) in [4.78, 5) is 3.60. The lowest BCUT2D eigenvalue weighted by molar-refractivity contribution is 0.414. The number of methoxy groups -OCH3 is 1. The predicted molar refractivity (Wildman–Crippen MR) is 92.6 cm³/mol. The molecule has 1 heterocycles. The normalized spacial score (nSPS) is 13.2. The number of hydrogen-bond acceptors (Lipinski definition) is 3. The summed E-state index contributed by atoms with van der Waals surface area (Å²) in [6.07, 6.45) is 4.74. The molecule has 1 atom stereocenters. The quantitative estimate of drug-likeness (QED) is 0.560. The monoisotopic (exact) mass is 334 g/mol. The smallest absolute Gasteiger partial charge is 0.231 e. The molecule has 1 aromatic heterocycles. The Morgan fingerprint density at radius 1 is 1.35 bits per heavy atom. The van der Waals surface area contributed by atoms with Crippen molar-refractivity contribution in [2.45, 2.75) is 25.3 Å². The number of halogens is 2. The minimum absolute atomic E-state index is 0.0417. The van der Waals surface area contributed by atoms with Crippen molar-refractivity contribution in [1.29, 1.82) is 0 Å². The van der Waals surface area contributed by atoms with Crippen LogP contribution in [0.4, 0.5) is 10.1 Å². The van der Waals surface area contributed by atoms with Gasteiger partial charge in [-0.25, -0.2) is 4.98 Å². The van der Waals surface area contributed by atoms with Crippen molar-refractivity contribution in [3.8, 4) is 5.75 Å². The predicted octanol–water partition coefficient (Wildman–Crippen LogP) is 5.18. The summed E-state index contributed by atoms with van der Waals surface area (Å²) < 4.78 is 18.9. The van der Waals surface area contributed by atoms with Gasteiger partial charge in [0.1, 0.15) is 10.8 Å². The molecule has 3 nitrogen and oxygen atoms in total. The minimum atomic E-state index is -0.662. The van der Waals surface area contributed by atoms with E-state index >= 15 is 0 Å². The van der Waals surface area contributed by atoms with Gasteiger partial charge in [-0.15, -0.1) is 6.58 Å². The molecule has 0 saturated heterocycles. The fourth-order valence-corrected chi connectivity index (χ4v) is 2.81. The van der Waals surface area contributed by atoms with Gasteiger partial charge in [-0.1, -0.05) is 17.7 Å². The number of aromatic nitrogens is 1. The van der Waals surface area contributed by atoms with Crippen molar-refractivity contribution in [2.24, 2.45) is 0 Å². The third-order valence-electron chi connectivity index (χ3n) is 3.80. The zero-order valence-corrected chi connectivity index (χ0v) is 14.0. The highest BCUT2D eigenvalue weighted by Crippen LogP contribution is 2.36. The van der Waals surface area contributed by atoms with E-state index in [1.807, 2.05) is 37.3 Å². The van der Waals surface area contributed by atoms with Crippen LogP contribution in [0.15, 0.2) is 49.2 Å². The summed E-state index contributed by atoms with van der Waals surface area (Å²) in [7, 11) is 1.62. The van der Waals surface area contributed by atoms with Crippen LogP contribution in [-0.4, -0.2) is 12.1 Å². The van der Waals surface area contributed by atoms with E-state index in [1.165, 1.54) is 6.20 Å². The number of anilines is 1. The number of rotatable bonds is 7. The summed E-state index contributed by atoms with van der Waals surface area (Å²) in [5.74, 6) is 0.113. The second-order valence-corrected chi connectivity index (χ2v) is 5.85. The Kier molecular flexibility index (Phi) is 5.61. The summed E-state index contributed by atoms with van der Waals surface area (Å²) in [5, 5.41) is 3.49. The standard InChI is InChI=1S/C18H20ClFN2O/c1-4-5-11-18(2,15-10-12-21-17(20)16(15)19)22-13-6-8-14(23-3)9-7-13/h4,6-10,12,22H,1,5,11H2,2-3H3. The molecule has 0 fully saturated rings. The van der Waals surface area contributed by atoms with Gasteiger partial charge in [0.25, 0.3) is 0 Å². The van der Waals surface area contributed by atoms with E-state index in [0.29, 0.717) is 12.0 Å². The number of ether oxygens (including phenoxy) is 1. The maximum Gasteiger partial charge on any atom is 0.231 e. The molecule has 0 aliphatic carbocycles. The lowest BCUT2D eigenvalue weighted by Crippen LogP contribution is -2.32. The van der Waals surface area contributed by atoms with E-state index in [0.717, 1.165) is 17.9 Å². The van der Waals surface area contributed by atoms with Gasteiger partial charge in [0.15, 0.2) is 0 Å². The zero-order valence-electron chi connectivity index (χ0n) is 13.3. The van der Waals surface area contributed by atoms with Gasteiger partial charge >= 0.3 is 0 Å². The van der Waals surface area contributed by atoms with Crippen LogP contribution in [0.1, 0.15) is 25.3 Å². The van der Waals surface area contributed by atoms with Crippen LogP contribution >= 0.6 is 11.6 Å². The largest absolute Gasteiger partial charge is 0.497 e. The van der Waals surface area contributed by atoms with Crippen molar-refractivity contribution >= 4 is 17.3 Å². The molecule has 0 radical (unpaired) electrons. The number of nitrogens with zero attached hydrogens (tertiary/aromatic N) is 1. The Balaban J connectivity index is 2.37. The Labute approximate surface area is 141 Å². The molecule has 23 heavy (non-hydrogen) atoms. The first-order valence-electron chi connectivity index (χ1n) is 7.34. The average Bonchev–Trinajstić information content (AvgIpc) is 2.56. The van der Waals surface area contributed by atoms with Crippen LogP contribution in [0, 0.1) is 5.95 Å². The van der Waals surface area contributed by atoms with Crippen molar-refractivity contribution in [3.05, 3.63) is 65.7 Å². The SMILES string of the molecule is C=CCCC(C)(Nc1ccc(OC)cc1)c1ccnc(F)c1Cl. The fraction of sp³-hybridized carbons (Fsp3) is 0.278. The Hall–Kier alpha value is -2.07. The molecule has 2 rings (SSSR count). The highest BCUT2D eigenvalue weighted by Gasteiger charge is 2.29. The van der Waals surface area contributed by atoms with Gasteiger partial charge in [-0.2, -0.15) is 4.39 Å². The Morgan fingerprint density at radius 3 is 2.65 bits per heavy atom. The first-order chi connectivity index (χ1) is 11.0. The average molecular weight is 335 g/mol. The van der Waals surface area contributed by atoms with E-state index < -0.39 is 11.5 Å². The summed E-state index contributed by atoms with van der Waals surface area (Å²) in [5.41, 5.74) is 1.01. The molecular formula is C18H20ClFN2O. The molecule has 0 amide bonds. The van der Waals surface area contributed by atoms with E-state index in [9.17, 15) is 4.39 Å². The highest BCUT2D eigenvalue weighted by molar-refractivity contribution is 6.31. The van der Waals surface area contributed by atoms with Crippen molar-refractivity contribution in [1.82, 2.24) is 4.98 Å². The number of nitrogens with one attached hydrogen (secondary N) is 1. The molecule has 1 aromatic carbocycles. The van der Waals surface area contributed by atoms with Gasteiger partial charge < -0.3 is 10.1 Å². The van der Waals surface area contributed by atoms with Crippen LogP contribution in [0.25, 0.3) is 0 Å². The van der Waals surface area contributed by atoms with E-state index in [-0.39, 0.29) is 5.02 Å². The lowest BCUT2D eigenvalue weighted by Gasteiger charge is -2.33. The van der Waals surface area contributed by atoms with Crippen LogP contribution in [0.5, 0.6) is 5.75 Å². The zero-order chi connectivity index (χ0) is 16.9. The summed E-state index contributed by atoms with van der Waals surface area (Å²) >= 11 is 6.15. The molecule has 0 bridgehead atoms. The van der Waals surface area contributed by atoms with E-state index in [4.69, 9.17) is 16.3 Å². The number of allylic oxidation sites excluding steroid dienone is 1. The Bertz CT molecular complexity index is 675. The second kappa shape index (κ2) is 7.47. The van der Waals surface area contributed by atoms with Gasteiger partial charge in [-0.05, 0) is 50.1 Å². The molecule has 1 unspecified atom stereocenters. The van der Waals surface area contributed by atoms with Gasteiger partial charge in [0, 0.05) is 17.4 Å². The second-order valence-electron chi connectivity index (χ2n) is 5.48. The minimum Gasteiger partial charge on any atom is -0.497 e. The maximum atomic E-state index is 13.8. The van der Waals surface area contributed by atoms with Crippen LogP contribution in [0.2, 0.25) is 5.02 Å². The maximum absolute atomic E-state index is 13.8. The number of pyridine rings is 1. The van der Waals surface area contributed by atoms with Crippen LogP contribution in [-0.2, 0) is 5.54 Å². The van der Waals surface area contributed by atoms with Gasteiger partial charge in [0.05, 0.1) is 12.6 Å². The summed E-state index contributed by atoms with van der Waals surface area (Å²) in [6, 6.07) is 9.30. The molecule has 1 N–H and O–H groups in total. The van der Waals surface area contributed by atoms with Crippen molar-refractivity contribution in [3.63, 3.8) is 0 Å². The molecule has 5 heteroatoms. The fourth-order valence-electron chi connectivity index (χ4n) is 2.49. The third-order valence-corrected chi connectivity index (χ3v) is 4.16. The Morgan fingerprint density at radius 2 is 2.04 bits per heavy atom. The molecule has 2 aromatic rings. The topological polar surface area (TPSA) is 34.1 Å². The van der Waals surface area contributed by atoms with E-state index in [2.05, 4.69) is 16.9 Å².